The predicted molar refractivity (Wildman–Crippen MR) is 149 cm³/mol. The zero-order valence-corrected chi connectivity index (χ0v) is 22.6. The van der Waals surface area contributed by atoms with Crippen molar-refractivity contribution in [3.63, 3.8) is 0 Å². The number of rotatable bonds is 12. The lowest BCUT2D eigenvalue weighted by atomic mass is 10.1. The fourth-order valence-electron chi connectivity index (χ4n) is 4.56. The van der Waals surface area contributed by atoms with Crippen LogP contribution in [-0.4, -0.2) is 53.1 Å². The van der Waals surface area contributed by atoms with Crippen molar-refractivity contribution in [3.8, 4) is 0 Å². The Labute approximate surface area is 229 Å². The largest absolute Gasteiger partial charge is 0.481 e. The lowest BCUT2D eigenvalue weighted by Gasteiger charge is -2.31. The third-order valence-electron chi connectivity index (χ3n) is 6.82. The van der Waals surface area contributed by atoms with E-state index in [1.54, 1.807) is 36.4 Å². The second-order valence-corrected chi connectivity index (χ2v) is 9.87. The highest BCUT2D eigenvalue weighted by Crippen LogP contribution is 2.25. The number of anilines is 1. The molecule has 1 fully saturated rings. The number of carbonyl (C=O) groups is 4. The summed E-state index contributed by atoms with van der Waals surface area (Å²) < 4.78 is 5.25. The molecule has 9 nitrogen and oxygen atoms in total. The zero-order chi connectivity index (χ0) is 28.0. The first-order valence-electron chi connectivity index (χ1n) is 13.8. The maximum absolute atomic E-state index is 13.5. The van der Waals surface area contributed by atoms with Crippen LogP contribution in [-0.2, 0) is 16.1 Å². The highest BCUT2D eigenvalue weighted by molar-refractivity contribution is 5.94. The number of carbonyl (C=O) groups excluding carboxylic acids is 3. The van der Waals surface area contributed by atoms with E-state index >= 15 is 0 Å². The molecule has 0 spiro atoms. The number of nitrogens with zero attached hydrogens (tertiary/aromatic N) is 1. The number of carboxylic acids is 1. The number of carboxylic acid groups (broad SMARTS) is 1. The molecule has 0 aliphatic heterocycles. The Morgan fingerprint density at radius 2 is 1.56 bits per heavy atom. The highest BCUT2D eigenvalue weighted by atomic mass is 16.5. The summed E-state index contributed by atoms with van der Waals surface area (Å²) in [7, 11) is 0. The first-order chi connectivity index (χ1) is 18.9. The molecule has 0 heterocycles. The molecule has 0 radical (unpaired) electrons. The van der Waals surface area contributed by atoms with Crippen molar-refractivity contribution in [2.45, 2.75) is 77.3 Å². The van der Waals surface area contributed by atoms with Crippen molar-refractivity contribution in [1.29, 1.82) is 0 Å². The molecule has 0 aromatic heterocycles. The molecule has 1 aliphatic carbocycles. The quantitative estimate of drug-likeness (QED) is 0.184. The molecule has 0 saturated heterocycles. The van der Waals surface area contributed by atoms with Crippen molar-refractivity contribution < 1.29 is 29.0 Å². The summed E-state index contributed by atoms with van der Waals surface area (Å²) in [5.74, 6) is -1.68. The lowest BCUT2D eigenvalue weighted by molar-refractivity contribution is -0.136. The number of aliphatic carboxylic acids is 1. The number of hydrogen-bond donors (Lipinski definition) is 3. The van der Waals surface area contributed by atoms with Crippen LogP contribution in [0.1, 0.15) is 91.0 Å². The number of esters is 1. The molecule has 39 heavy (non-hydrogen) atoms. The molecule has 0 unspecified atom stereocenters. The summed E-state index contributed by atoms with van der Waals surface area (Å²) in [6, 6.07) is 13.6. The summed E-state index contributed by atoms with van der Waals surface area (Å²) in [4.78, 5) is 50.5. The summed E-state index contributed by atoms with van der Waals surface area (Å²) >= 11 is 0. The number of unbranched alkanes of at least 4 members (excludes halogenated alkanes) is 1. The highest BCUT2D eigenvalue weighted by Gasteiger charge is 2.25. The number of ether oxygens (including phenoxy) is 1. The van der Waals surface area contributed by atoms with Gasteiger partial charge in [0.15, 0.2) is 0 Å². The van der Waals surface area contributed by atoms with Gasteiger partial charge in [0.05, 0.1) is 18.6 Å². The third kappa shape index (κ3) is 9.74. The van der Waals surface area contributed by atoms with Gasteiger partial charge in [0.25, 0.3) is 5.91 Å². The van der Waals surface area contributed by atoms with Crippen molar-refractivity contribution in [2.24, 2.45) is 0 Å². The normalized spacial score (nSPS) is 13.7. The van der Waals surface area contributed by atoms with Gasteiger partial charge in [-0.3, -0.25) is 9.59 Å². The van der Waals surface area contributed by atoms with E-state index in [1.807, 2.05) is 24.0 Å². The van der Waals surface area contributed by atoms with Crippen LogP contribution < -0.4 is 10.6 Å². The van der Waals surface area contributed by atoms with Gasteiger partial charge in [-0.15, -0.1) is 0 Å². The summed E-state index contributed by atoms with van der Waals surface area (Å²) in [5.41, 5.74) is 2.36. The number of nitrogens with one attached hydrogen (secondary N) is 2. The van der Waals surface area contributed by atoms with Gasteiger partial charge in [0.2, 0.25) is 0 Å². The fourth-order valence-corrected chi connectivity index (χ4v) is 4.56. The monoisotopic (exact) mass is 537 g/mol. The average molecular weight is 538 g/mol. The first kappa shape index (κ1) is 29.7. The summed E-state index contributed by atoms with van der Waals surface area (Å²) in [6.45, 7) is 2.87. The van der Waals surface area contributed by atoms with E-state index in [-0.39, 0.29) is 36.9 Å². The Hall–Kier alpha value is -3.88. The summed E-state index contributed by atoms with van der Waals surface area (Å²) in [6.07, 6.45) is 7.95. The molecule has 2 aromatic carbocycles. The van der Waals surface area contributed by atoms with Gasteiger partial charge in [-0.05, 0) is 61.2 Å². The minimum absolute atomic E-state index is 0.0621. The molecule has 3 amide bonds. The van der Waals surface area contributed by atoms with E-state index in [1.165, 1.54) is 0 Å². The fraction of sp³-hybridized carbons (Fsp3) is 0.467. The molecule has 0 bridgehead atoms. The van der Waals surface area contributed by atoms with Crippen molar-refractivity contribution in [3.05, 3.63) is 65.2 Å². The Bertz CT molecular complexity index is 1090. The van der Waals surface area contributed by atoms with Gasteiger partial charge < -0.3 is 25.4 Å². The Morgan fingerprint density at radius 1 is 0.923 bits per heavy atom. The molecular formula is C30H39N3O6. The second-order valence-electron chi connectivity index (χ2n) is 9.87. The van der Waals surface area contributed by atoms with Gasteiger partial charge in [-0.2, -0.15) is 0 Å². The van der Waals surface area contributed by atoms with Crippen LogP contribution >= 0.6 is 0 Å². The number of urea groups is 1. The SMILES string of the molecule is CCCCOC(=O)c1ccc(NC(=O)N(Cc2ccc(C(=O)NCCC(=O)O)cc2)C2CCCCCC2)cc1. The van der Waals surface area contributed by atoms with E-state index in [0.717, 1.165) is 56.9 Å². The second kappa shape index (κ2) is 15.5. The number of amides is 3. The lowest BCUT2D eigenvalue weighted by Crippen LogP contribution is -2.42. The molecule has 1 saturated carbocycles. The van der Waals surface area contributed by atoms with E-state index in [2.05, 4.69) is 10.6 Å². The van der Waals surface area contributed by atoms with Crippen molar-refractivity contribution in [1.82, 2.24) is 10.2 Å². The minimum Gasteiger partial charge on any atom is -0.481 e. The topological polar surface area (TPSA) is 125 Å². The van der Waals surface area contributed by atoms with Crippen LogP contribution in [0, 0.1) is 0 Å². The Kier molecular flexibility index (Phi) is 11.8. The predicted octanol–water partition coefficient (Wildman–Crippen LogP) is 5.60. The zero-order valence-electron chi connectivity index (χ0n) is 22.6. The third-order valence-corrected chi connectivity index (χ3v) is 6.82. The molecule has 210 valence electrons. The number of hydrogen-bond acceptors (Lipinski definition) is 5. The van der Waals surface area contributed by atoms with E-state index in [9.17, 15) is 19.2 Å². The van der Waals surface area contributed by atoms with Gasteiger partial charge in [-0.1, -0.05) is 51.2 Å². The minimum atomic E-state index is -0.969. The molecule has 9 heteroatoms. The molecular weight excluding hydrogens is 498 g/mol. The summed E-state index contributed by atoms with van der Waals surface area (Å²) in [5, 5.41) is 14.3. The standard InChI is InChI=1S/C30H39N3O6/c1-2-3-20-39-29(37)24-14-16-25(17-15-24)32-30(38)33(26-8-6-4-5-7-9-26)21-22-10-12-23(13-11-22)28(36)31-19-18-27(34)35/h10-17,26H,2-9,18-21H2,1H3,(H,31,36)(H,32,38)(H,34,35). The van der Waals surface area contributed by atoms with Crippen molar-refractivity contribution >= 4 is 29.6 Å². The smallest absolute Gasteiger partial charge is 0.338 e. The van der Waals surface area contributed by atoms with Gasteiger partial charge in [-0.25, -0.2) is 9.59 Å². The van der Waals surface area contributed by atoms with Crippen LogP contribution in [0.3, 0.4) is 0 Å². The molecule has 0 atom stereocenters. The van der Waals surface area contributed by atoms with Gasteiger partial charge in [0, 0.05) is 30.4 Å². The van der Waals surface area contributed by atoms with Crippen LogP contribution in [0.5, 0.6) is 0 Å². The van der Waals surface area contributed by atoms with Crippen LogP contribution in [0.15, 0.2) is 48.5 Å². The number of benzene rings is 2. The maximum atomic E-state index is 13.5. The van der Waals surface area contributed by atoms with Gasteiger partial charge >= 0.3 is 18.0 Å². The average Bonchev–Trinajstić information content (AvgIpc) is 3.22. The molecule has 1 aliphatic rings. The first-order valence-corrected chi connectivity index (χ1v) is 13.8. The van der Waals surface area contributed by atoms with Crippen LogP contribution in [0.4, 0.5) is 10.5 Å². The molecule has 3 rings (SSSR count). The van der Waals surface area contributed by atoms with Crippen molar-refractivity contribution in [2.75, 3.05) is 18.5 Å². The Morgan fingerprint density at radius 3 is 2.18 bits per heavy atom. The Balaban J connectivity index is 1.67. The van der Waals surface area contributed by atoms with Crippen LogP contribution in [0.25, 0.3) is 0 Å². The maximum Gasteiger partial charge on any atom is 0.338 e. The molecule has 3 N–H and O–H groups in total. The van der Waals surface area contributed by atoms with E-state index in [0.29, 0.717) is 30.0 Å². The van der Waals surface area contributed by atoms with Crippen LogP contribution in [0.2, 0.25) is 0 Å². The van der Waals surface area contributed by atoms with E-state index in [4.69, 9.17) is 9.84 Å². The van der Waals surface area contributed by atoms with Gasteiger partial charge in [0.1, 0.15) is 0 Å². The molecule has 2 aromatic rings. The van der Waals surface area contributed by atoms with E-state index < -0.39 is 5.97 Å².